The van der Waals surface area contributed by atoms with Crippen LogP contribution in [0, 0.1) is 0 Å². The molecule has 0 unspecified atom stereocenters. The second-order valence-electron chi connectivity index (χ2n) is 4.76. The molecule has 0 spiro atoms. The Kier molecular flexibility index (Phi) is 3.06. The van der Waals surface area contributed by atoms with Gasteiger partial charge >= 0.3 is 5.69 Å². The van der Waals surface area contributed by atoms with Crippen molar-refractivity contribution in [3.63, 3.8) is 0 Å². The molecule has 0 saturated heterocycles. The summed E-state index contributed by atoms with van der Waals surface area (Å²) in [4.78, 5) is 12.3. The highest BCUT2D eigenvalue weighted by Crippen LogP contribution is 2.15. The van der Waals surface area contributed by atoms with Crippen LogP contribution in [-0.2, 0) is 13.6 Å². The summed E-state index contributed by atoms with van der Waals surface area (Å²) in [6, 6.07) is 15.6. The summed E-state index contributed by atoms with van der Waals surface area (Å²) in [6.45, 7) is 0.560. The van der Waals surface area contributed by atoms with Gasteiger partial charge in [0.05, 0.1) is 24.7 Å². The molecule has 3 aromatic rings. The molecule has 1 heterocycles. The van der Waals surface area contributed by atoms with Crippen molar-refractivity contribution < 1.29 is 4.74 Å². The smallest absolute Gasteiger partial charge is 0.329 e. The Hall–Kier alpha value is -2.49. The Morgan fingerprint density at radius 2 is 1.65 bits per heavy atom. The average molecular weight is 268 g/mol. The van der Waals surface area contributed by atoms with Gasteiger partial charge in [0.1, 0.15) is 5.75 Å². The van der Waals surface area contributed by atoms with Gasteiger partial charge in [0, 0.05) is 7.05 Å². The fourth-order valence-corrected chi connectivity index (χ4v) is 2.43. The van der Waals surface area contributed by atoms with E-state index in [9.17, 15) is 4.79 Å². The van der Waals surface area contributed by atoms with Crippen LogP contribution in [0.3, 0.4) is 0 Å². The van der Waals surface area contributed by atoms with E-state index >= 15 is 0 Å². The van der Waals surface area contributed by atoms with E-state index < -0.39 is 0 Å². The van der Waals surface area contributed by atoms with Crippen LogP contribution in [0.15, 0.2) is 53.3 Å². The number of benzene rings is 2. The molecule has 0 aliphatic heterocycles. The molecule has 3 rings (SSSR count). The molecule has 0 amide bonds. The Morgan fingerprint density at radius 1 is 1.00 bits per heavy atom. The number of imidazole rings is 1. The first kappa shape index (κ1) is 12.5. The lowest BCUT2D eigenvalue weighted by Gasteiger charge is -2.05. The Labute approximate surface area is 116 Å². The lowest BCUT2D eigenvalue weighted by Crippen LogP contribution is -2.22. The highest BCUT2D eigenvalue weighted by molar-refractivity contribution is 5.75. The highest BCUT2D eigenvalue weighted by Gasteiger charge is 2.10. The first-order valence-corrected chi connectivity index (χ1v) is 6.48. The van der Waals surface area contributed by atoms with Gasteiger partial charge in [-0.15, -0.1) is 0 Å². The second kappa shape index (κ2) is 4.89. The molecule has 0 radical (unpaired) electrons. The van der Waals surface area contributed by atoms with E-state index in [1.54, 1.807) is 23.3 Å². The zero-order valence-corrected chi connectivity index (χ0v) is 11.5. The van der Waals surface area contributed by atoms with E-state index in [4.69, 9.17) is 4.74 Å². The zero-order chi connectivity index (χ0) is 14.1. The zero-order valence-electron chi connectivity index (χ0n) is 11.5. The number of methoxy groups -OCH3 is 1. The number of para-hydroxylation sites is 2. The lowest BCUT2D eigenvalue weighted by molar-refractivity contribution is 0.414. The summed E-state index contributed by atoms with van der Waals surface area (Å²) in [5.74, 6) is 0.819. The lowest BCUT2D eigenvalue weighted by atomic mass is 10.2. The first-order valence-electron chi connectivity index (χ1n) is 6.48. The minimum Gasteiger partial charge on any atom is -0.497 e. The van der Waals surface area contributed by atoms with Crippen LogP contribution < -0.4 is 10.4 Å². The van der Waals surface area contributed by atoms with Gasteiger partial charge in [-0.25, -0.2) is 4.79 Å². The fourth-order valence-electron chi connectivity index (χ4n) is 2.43. The maximum atomic E-state index is 12.3. The highest BCUT2D eigenvalue weighted by atomic mass is 16.5. The maximum absolute atomic E-state index is 12.3. The van der Waals surface area contributed by atoms with Gasteiger partial charge in [-0.1, -0.05) is 24.3 Å². The van der Waals surface area contributed by atoms with Crippen LogP contribution in [0.4, 0.5) is 0 Å². The van der Waals surface area contributed by atoms with E-state index in [-0.39, 0.29) is 5.69 Å². The number of aromatic nitrogens is 2. The summed E-state index contributed by atoms with van der Waals surface area (Å²) in [5.41, 5.74) is 2.98. The third-order valence-corrected chi connectivity index (χ3v) is 3.55. The minimum atomic E-state index is 0.00187. The van der Waals surface area contributed by atoms with E-state index in [1.165, 1.54) is 0 Å². The van der Waals surface area contributed by atoms with Gasteiger partial charge < -0.3 is 4.74 Å². The molecular weight excluding hydrogens is 252 g/mol. The third kappa shape index (κ3) is 1.99. The van der Waals surface area contributed by atoms with Crippen molar-refractivity contribution in [1.82, 2.24) is 9.13 Å². The molecule has 0 saturated carbocycles. The van der Waals surface area contributed by atoms with Crippen molar-refractivity contribution in [2.75, 3.05) is 7.11 Å². The van der Waals surface area contributed by atoms with Gasteiger partial charge in [0.2, 0.25) is 0 Å². The van der Waals surface area contributed by atoms with Gasteiger partial charge in [-0.2, -0.15) is 0 Å². The number of fused-ring (bicyclic) bond motifs is 1. The standard InChI is InChI=1S/C16H16N2O2/c1-17-14-5-3-4-6-15(14)18(16(17)19)11-12-7-9-13(20-2)10-8-12/h3-10H,11H2,1-2H3. The molecule has 0 bridgehead atoms. The number of ether oxygens (including phenoxy) is 1. The topological polar surface area (TPSA) is 36.2 Å². The predicted octanol–water partition coefficient (Wildman–Crippen LogP) is 2.40. The molecule has 0 fully saturated rings. The van der Waals surface area contributed by atoms with E-state index in [0.717, 1.165) is 22.3 Å². The molecule has 1 aromatic heterocycles. The monoisotopic (exact) mass is 268 g/mol. The summed E-state index contributed by atoms with van der Waals surface area (Å²) >= 11 is 0. The SMILES string of the molecule is COc1ccc(Cn2c(=O)n(C)c3ccccc32)cc1. The number of aryl methyl sites for hydroxylation is 1. The van der Waals surface area contributed by atoms with Gasteiger partial charge in [0.25, 0.3) is 0 Å². The molecule has 102 valence electrons. The third-order valence-electron chi connectivity index (χ3n) is 3.55. The van der Waals surface area contributed by atoms with Crippen molar-refractivity contribution in [3.05, 3.63) is 64.6 Å². The van der Waals surface area contributed by atoms with Crippen LogP contribution in [-0.4, -0.2) is 16.2 Å². The van der Waals surface area contributed by atoms with Crippen LogP contribution in [0.1, 0.15) is 5.56 Å². The molecule has 0 aliphatic rings. The quantitative estimate of drug-likeness (QED) is 0.731. The molecule has 4 heteroatoms. The summed E-state index contributed by atoms with van der Waals surface area (Å²) in [6.07, 6.45) is 0. The largest absolute Gasteiger partial charge is 0.497 e. The Balaban J connectivity index is 2.06. The molecule has 0 N–H and O–H groups in total. The molecule has 20 heavy (non-hydrogen) atoms. The van der Waals surface area contributed by atoms with Crippen LogP contribution in [0.2, 0.25) is 0 Å². The number of hydrogen-bond donors (Lipinski definition) is 0. The Morgan fingerprint density at radius 3 is 2.30 bits per heavy atom. The molecule has 2 aromatic carbocycles. The van der Waals surface area contributed by atoms with E-state index in [2.05, 4.69) is 0 Å². The van der Waals surface area contributed by atoms with Crippen molar-refractivity contribution in [3.8, 4) is 5.75 Å². The fraction of sp³-hybridized carbons (Fsp3) is 0.188. The van der Waals surface area contributed by atoms with Gasteiger partial charge in [-0.05, 0) is 29.8 Å². The molecule has 0 aliphatic carbocycles. The van der Waals surface area contributed by atoms with E-state index in [1.807, 2.05) is 48.5 Å². The minimum absolute atomic E-state index is 0.00187. The van der Waals surface area contributed by atoms with Crippen molar-refractivity contribution in [1.29, 1.82) is 0 Å². The van der Waals surface area contributed by atoms with Crippen LogP contribution >= 0.6 is 0 Å². The van der Waals surface area contributed by atoms with Crippen molar-refractivity contribution in [2.45, 2.75) is 6.54 Å². The Bertz CT molecular complexity index is 797. The molecule has 0 atom stereocenters. The summed E-state index contributed by atoms with van der Waals surface area (Å²) in [7, 11) is 3.44. The summed E-state index contributed by atoms with van der Waals surface area (Å²) < 4.78 is 8.61. The molecule has 4 nitrogen and oxygen atoms in total. The number of rotatable bonds is 3. The number of nitrogens with zero attached hydrogens (tertiary/aromatic N) is 2. The summed E-state index contributed by atoms with van der Waals surface area (Å²) in [5, 5.41) is 0. The predicted molar refractivity (Wildman–Crippen MR) is 79.3 cm³/mol. The first-order chi connectivity index (χ1) is 9.70. The van der Waals surface area contributed by atoms with Crippen molar-refractivity contribution >= 4 is 11.0 Å². The van der Waals surface area contributed by atoms with E-state index in [0.29, 0.717) is 6.54 Å². The maximum Gasteiger partial charge on any atom is 0.329 e. The normalized spacial score (nSPS) is 10.9. The van der Waals surface area contributed by atoms with Gasteiger partial charge in [-0.3, -0.25) is 9.13 Å². The molecular formula is C16H16N2O2. The van der Waals surface area contributed by atoms with Crippen LogP contribution in [0.25, 0.3) is 11.0 Å². The van der Waals surface area contributed by atoms with Crippen LogP contribution in [0.5, 0.6) is 5.75 Å². The van der Waals surface area contributed by atoms with Gasteiger partial charge in [0.15, 0.2) is 0 Å². The number of hydrogen-bond acceptors (Lipinski definition) is 2. The average Bonchev–Trinajstić information content (AvgIpc) is 2.74. The van der Waals surface area contributed by atoms with Crippen molar-refractivity contribution in [2.24, 2.45) is 7.05 Å². The second-order valence-corrected chi connectivity index (χ2v) is 4.76.